The van der Waals surface area contributed by atoms with Gasteiger partial charge in [0.25, 0.3) is 0 Å². The molecule has 3 aromatic carbocycles. The summed E-state index contributed by atoms with van der Waals surface area (Å²) in [6, 6.07) is 22.2. The van der Waals surface area contributed by atoms with E-state index in [-0.39, 0.29) is 18.1 Å². The lowest BCUT2D eigenvalue weighted by Gasteiger charge is -2.15. The zero-order valence-electron chi connectivity index (χ0n) is 16.5. The molecule has 1 amide bonds. The third kappa shape index (κ3) is 5.55. The molecule has 31 heavy (non-hydrogen) atoms. The van der Waals surface area contributed by atoms with Crippen molar-refractivity contribution in [2.24, 2.45) is 0 Å². The minimum absolute atomic E-state index is 0.115. The van der Waals surface area contributed by atoms with E-state index in [2.05, 4.69) is 15.5 Å². The highest BCUT2D eigenvalue weighted by Gasteiger charge is 2.22. The second-order valence-electron chi connectivity index (χ2n) is 7.08. The highest BCUT2D eigenvalue weighted by molar-refractivity contribution is 6.30. The molecule has 156 valence electrons. The van der Waals surface area contributed by atoms with Crippen LogP contribution in [0.1, 0.15) is 23.1 Å². The smallest absolute Gasteiger partial charge is 0.249 e. The molecule has 1 N–H and O–H groups in total. The van der Waals surface area contributed by atoms with Gasteiger partial charge in [-0.1, -0.05) is 59.2 Å². The molecule has 5 nitrogen and oxygen atoms in total. The summed E-state index contributed by atoms with van der Waals surface area (Å²) in [5.74, 6) is 0.157. The third-order valence-electron chi connectivity index (χ3n) is 4.74. The molecule has 0 fully saturated rings. The summed E-state index contributed by atoms with van der Waals surface area (Å²) >= 11 is 5.94. The van der Waals surface area contributed by atoms with Crippen LogP contribution < -0.4 is 5.32 Å². The Labute approximate surface area is 183 Å². The number of hydrogen-bond acceptors (Lipinski definition) is 4. The van der Waals surface area contributed by atoms with E-state index < -0.39 is 6.04 Å². The van der Waals surface area contributed by atoms with E-state index in [4.69, 9.17) is 16.1 Å². The van der Waals surface area contributed by atoms with Crippen molar-refractivity contribution in [2.45, 2.75) is 18.9 Å². The van der Waals surface area contributed by atoms with Crippen molar-refractivity contribution in [1.29, 1.82) is 0 Å². The molecule has 0 aliphatic carbocycles. The van der Waals surface area contributed by atoms with Gasteiger partial charge in [-0.05, 0) is 47.5 Å². The fourth-order valence-corrected chi connectivity index (χ4v) is 3.30. The maximum Gasteiger partial charge on any atom is 0.249 e. The van der Waals surface area contributed by atoms with E-state index in [1.165, 1.54) is 12.1 Å². The van der Waals surface area contributed by atoms with Crippen LogP contribution in [0.15, 0.2) is 83.4 Å². The number of hydrogen-bond donors (Lipinski definition) is 1. The molecule has 0 radical (unpaired) electrons. The fraction of sp³-hybridized carbons (Fsp3) is 0.125. The first kappa shape index (κ1) is 20.8. The second kappa shape index (κ2) is 9.53. The van der Waals surface area contributed by atoms with Crippen molar-refractivity contribution < 1.29 is 13.7 Å². The van der Waals surface area contributed by atoms with Gasteiger partial charge in [-0.25, -0.2) is 4.39 Å². The van der Waals surface area contributed by atoms with Gasteiger partial charge < -0.3 is 9.84 Å². The van der Waals surface area contributed by atoms with E-state index in [1.54, 1.807) is 36.4 Å². The van der Waals surface area contributed by atoms with E-state index in [1.807, 2.05) is 30.3 Å². The highest BCUT2D eigenvalue weighted by atomic mass is 35.5. The molecule has 0 bridgehead atoms. The summed E-state index contributed by atoms with van der Waals surface area (Å²) in [7, 11) is 0. The molecule has 1 atom stereocenters. The van der Waals surface area contributed by atoms with E-state index in [0.717, 1.165) is 11.1 Å². The number of nitrogens with zero attached hydrogens (tertiary/aromatic N) is 2. The summed E-state index contributed by atoms with van der Waals surface area (Å²) in [6.45, 7) is 0. The van der Waals surface area contributed by atoms with Crippen LogP contribution >= 0.6 is 11.6 Å². The Hall–Kier alpha value is -3.51. The lowest BCUT2D eigenvalue weighted by molar-refractivity contribution is -0.121. The van der Waals surface area contributed by atoms with Crippen molar-refractivity contribution in [2.75, 3.05) is 0 Å². The summed E-state index contributed by atoms with van der Waals surface area (Å²) in [6.07, 6.45) is 0.599. The van der Waals surface area contributed by atoms with Crippen molar-refractivity contribution in [3.63, 3.8) is 0 Å². The zero-order chi connectivity index (χ0) is 21.6. The van der Waals surface area contributed by atoms with Crippen molar-refractivity contribution in [3.8, 4) is 11.4 Å². The molecule has 0 saturated carbocycles. The van der Waals surface area contributed by atoms with E-state index in [0.29, 0.717) is 28.7 Å². The fourth-order valence-electron chi connectivity index (χ4n) is 3.18. The molecule has 7 heteroatoms. The lowest BCUT2D eigenvalue weighted by atomic mass is 10.0. The summed E-state index contributed by atoms with van der Waals surface area (Å²) in [4.78, 5) is 17.2. The van der Waals surface area contributed by atoms with Crippen LogP contribution in [0, 0.1) is 5.82 Å². The minimum atomic E-state index is -0.510. The Kier molecular flexibility index (Phi) is 6.38. The van der Waals surface area contributed by atoms with Gasteiger partial charge in [0.05, 0.1) is 6.42 Å². The topological polar surface area (TPSA) is 68.0 Å². The average Bonchev–Trinajstić information content (AvgIpc) is 3.26. The third-order valence-corrected chi connectivity index (χ3v) is 4.99. The van der Waals surface area contributed by atoms with Gasteiger partial charge in [0.2, 0.25) is 17.6 Å². The van der Waals surface area contributed by atoms with Gasteiger partial charge in [-0.3, -0.25) is 4.79 Å². The van der Waals surface area contributed by atoms with Gasteiger partial charge in [0.15, 0.2) is 0 Å². The first-order valence-corrected chi connectivity index (χ1v) is 10.1. The van der Waals surface area contributed by atoms with Gasteiger partial charge in [-0.2, -0.15) is 4.98 Å². The maximum absolute atomic E-state index is 13.1. The first-order chi connectivity index (χ1) is 15.1. The van der Waals surface area contributed by atoms with Crippen LogP contribution in [0.25, 0.3) is 11.4 Å². The van der Waals surface area contributed by atoms with Gasteiger partial charge in [0, 0.05) is 17.0 Å². The van der Waals surface area contributed by atoms with Gasteiger partial charge in [0.1, 0.15) is 11.9 Å². The Morgan fingerprint density at radius 1 is 0.968 bits per heavy atom. The molecule has 1 aromatic heterocycles. The molecule has 0 aliphatic rings. The number of carbonyl (C=O) groups excluding carboxylic acids is 1. The van der Waals surface area contributed by atoms with Crippen LogP contribution in [-0.4, -0.2) is 16.0 Å². The molecule has 1 heterocycles. The quantitative estimate of drug-likeness (QED) is 0.434. The monoisotopic (exact) mass is 435 g/mol. The number of amides is 1. The SMILES string of the molecule is O=C(Cc1ccc(F)cc1)NC(Cc1ccccc1)c1nc(-c2ccc(Cl)cc2)no1. The van der Waals surface area contributed by atoms with E-state index in [9.17, 15) is 9.18 Å². The second-order valence-corrected chi connectivity index (χ2v) is 7.51. The summed E-state index contributed by atoms with van der Waals surface area (Å²) in [5.41, 5.74) is 2.49. The van der Waals surface area contributed by atoms with Crippen LogP contribution in [0.2, 0.25) is 5.02 Å². The van der Waals surface area contributed by atoms with Gasteiger partial charge >= 0.3 is 0 Å². The number of rotatable bonds is 7. The van der Waals surface area contributed by atoms with Crippen molar-refractivity contribution >= 4 is 17.5 Å². The average molecular weight is 436 g/mol. The summed E-state index contributed by atoms with van der Waals surface area (Å²) < 4.78 is 18.6. The number of halogens is 2. The Morgan fingerprint density at radius 2 is 1.68 bits per heavy atom. The Balaban J connectivity index is 1.54. The number of nitrogens with one attached hydrogen (secondary N) is 1. The predicted octanol–water partition coefficient (Wildman–Crippen LogP) is 5.17. The van der Waals surface area contributed by atoms with Crippen molar-refractivity contribution in [3.05, 3.63) is 107 Å². The molecule has 0 saturated heterocycles. The Morgan fingerprint density at radius 3 is 2.39 bits per heavy atom. The molecular weight excluding hydrogens is 417 g/mol. The number of benzene rings is 3. The van der Waals surface area contributed by atoms with E-state index >= 15 is 0 Å². The zero-order valence-corrected chi connectivity index (χ0v) is 17.2. The Bertz CT molecular complexity index is 1150. The lowest BCUT2D eigenvalue weighted by Crippen LogP contribution is -2.31. The molecule has 1 unspecified atom stereocenters. The van der Waals surface area contributed by atoms with Crippen LogP contribution in [0.5, 0.6) is 0 Å². The first-order valence-electron chi connectivity index (χ1n) is 9.74. The van der Waals surface area contributed by atoms with Crippen LogP contribution in [0.3, 0.4) is 0 Å². The molecule has 4 rings (SSSR count). The van der Waals surface area contributed by atoms with Crippen LogP contribution in [0.4, 0.5) is 4.39 Å². The molecular formula is C24H19ClFN3O2. The molecule has 4 aromatic rings. The molecule has 0 spiro atoms. The molecule has 0 aliphatic heterocycles. The number of aromatic nitrogens is 2. The summed E-state index contributed by atoms with van der Waals surface area (Å²) in [5, 5.41) is 7.64. The number of carbonyl (C=O) groups is 1. The standard InChI is InChI=1S/C24H19ClFN3O2/c25-19-10-8-18(9-11-19)23-28-24(31-29-23)21(14-16-4-2-1-3-5-16)27-22(30)15-17-6-12-20(26)13-7-17/h1-13,21H,14-15H2,(H,27,30). The highest BCUT2D eigenvalue weighted by Crippen LogP contribution is 2.23. The predicted molar refractivity (Wildman–Crippen MR) is 116 cm³/mol. The normalized spacial score (nSPS) is 11.8. The maximum atomic E-state index is 13.1. The van der Waals surface area contributed by atoms with Gasteiger partial charge in [-0.15, -0.1) is 0 Å². The van der Waals surface area contributed by atoms with Crippen molar-refractivity contribution in [1.82, 2.24) is 15.5 Å². The minimum Gasteiger partial charge on any atom is -0.344 e. The van der Waals surface area contributed by atoms with Crippen LogP contribution in [-0.2, 0) is 17.6 Å². The largest absolute Gasteiger partial charge is 0.344 e.